The van der Waals surface area contributed by atoms with Gasteiger partial charge in [0.2, 0.25) is 5.24 Å². The second-order valence-electron chi connectivity index (χ2n) is 3.56. The van der Waals surface area contributed by atoms with E-state index >= 15 is 0 Å². The largest absolute Gasteiger partial charge is 0.460 e. The number of ether oxygens (including phenoxy) is 1. The van der Waals surface area contributed by atoms with Gasteiger partial charge in [-0.2, -0.15) is 0 Å². The summed E-state index contributed by atoms with van der Waals surface area (Å²) in [5.74, 6) is -1.75. The molecule has 1 aromatic rings. The lowest BCUT2D eigenvalue weighted by molar-refractivity contribution is -0.384. The van der Waals surface area contributed by atoms with Crippen molar-refractivity contribution < 1.29 is 19.2 Å². The van der Waals surface area contributed by atoms with E-state index in [9.17, 15) is 19.7 Å². The predicted octanol–water partition coefficient (Wildman–Crippen LogP) is 2.04. The third-order valence-corrected chi connectivity index (χ3v) is 2.55. The van der Waals surface area contributed by atoms with Crippen molar-refractivity contribution in [2.24, 2.45) is 5.92 Å². The molecule has 0 aliphatic heterocycles. The monoisotopic (exact) mass is 271 g/mol. The highest BCUT2D eigenvalue weighted by molar-refractivity contribution is 6.65. The summed E-state index contributed by atoms with van der Waals surface area (Å²) in [5.41, 5.74) is 0.539. The highest BCUT2D eigenvalue weighted by atomic mass is 35.5. The molecule has 1 aromatic carbocycles. The topological polar surface area (TPSA) is 86.5 Å². The van der Waals surface area contributed by atoms with E-state index in [-0.39, 0.29) is 12.3 Å². The number of nitrogens with zero attached hydrogens (tertiary/aromatic N) is 1. The Bertz CT molecular complexity index is 471. The number of nitro benzene ring substituents is 1. The SMILES string of the molecule is CC(C(=O)Cl)C(=O)OCc1ccc([N+](=O)[O-])cc1. The number of hydrogen-bond acceptors (Lipinski definition) is 5. The van der Waals surface area contributed by atoms with Gasteiger partial charge in [-0.05, 0) is 36.2 Å². The molecular weight excluding hydrogens is 262 g/mol. The molecule has 0 fully saturated rings. The Labute approximate surface area is 108 Å². The molecule has 1 atom stereocenters. The van der Waals surface area contributed by atoms with Crippen molar-refractivity contribution in [2.75, 3.05) is 0 Å². The van der Waals surface area contributed by atoms with E-state index in [0.717, 1.165) is 0 Å². The third kappa shape index (κ3) is 3.81. The number of carbonyl (C=O) groups is 2. The highest BCUT2D eigenvalue weighted by Gasteiger charge is 2.20. The summed E-state index contributed by atoms with van der Waals surface area (Å²) in [7, 11) is 0. The molecule has 0 radical (unpaired) electrons. The van der Waals surface area contributed by atoms with Gasteiger partial charge in [0.25, 0.3) is 5.69 Å². The molecule has 0 spiro atoms. The van der Waals surface area contributed by atoms with Gasteiger partial charge in [-0.3, -0.25) is 19.7 Å². The van der Waals surface area contributed by atoms with Crippen molar-refractivity contribution >= 4 is 28.5 Å². The first-order valence-electron chi connectivity index (χ1n) is 5.01. The number of benzene rings is 1. The van der Waals surface area contributed by atoms with E-state index in [1.54, 1.807) is 0 Å². The number of hydrogen-bond donors (Lipinski definition) is 0. The molecule has 0 aliphatic rings. The molecule has 0 aliphatic carbocycles. The summed E-state index contributed by atoms with van der Waals surface area (Å²) in [6, 6.07) is 5.55. The Balaban J connectivity index is 2.56. The van der Waals surface area contributed by atoms with Crippen molar-refractivity contribution in [2.45, 2.75) is 13.5 Å². The van der Waals surface area contributed by atoms with E-state index < -0.39 is 22.1 Å². The van der Waals surface area contributed by atoms with Crippen LogP contribution < -0.4 is 0 Å². The molecule has 0 aromatic heterocycles. The van der Waals surface area contributed by atoms with Crippen LogP contribution in [0.3, 0.4) is 0 Å². The third-order valence-electron chi connectivity index (χ3n) is 2.22. The lowest BCUT2D eigenvalue weighted by Gasteiger charge is -2.07. The van der Waals surface area contributed by atoms with Gasteiger partial charge in [0.05, 0.1) is 4.92 Å². The molecule has 0 saturated carbocycles. The fourth-order valence-electron chi connectivity index (χ4n) is 1.09. The Hall–Kier alpha value is -1.95. The molecule has 0 bridgehead atoms. The summed E-state index contributed by atoms with van der Waals surface area (Å²) < 4.78 is 4.84. The van der Waals surface area contributed by atoms with Crippen LogP contribution in [-0.2, 0) is 20.9 Å². The number of halogens is 1. The van der Waals surface area contributed by atoms with Crippen molar-refractivity contribution in [3.63, 3.8) is 0 Å². The van der Waals surface area contributed by atoms with E-state index in [2.05, 4.69) is 0 Å². The van der Waals surface area contributed by atoms with Crippen LogP contribution >= 0.6 is 11.6 Å². The van der Waals surface area contributed by atoms with Gasteiger partial charge in [0, 0.05) is 12.1 Å². The Morgan fingerprint density at radius 1 is 1.39 bits per heavy atom. The molecule has 0 N–H and O–H groups in total. The highest BCUT2D eigenvalue weighted by Crippen LogP contribution is 2.13. The number of rotatable bonds is 5. The average molecular weight is 272 g/mol. The second kappa shape index (κ2) is 6.11. The van der Waals surface area contributed by atoms with E-state index in [1.807, 2.05) is 0 Å². The molecule has 0 amide bonds. The predicted molar refractivity (Wildman–Crippen MR) is 62.9 cm³/mol. The average Bonchev–Trinajstić information content (AvgIpc) is 2.35. The molecule has 6 nitrogen and oxygen atoms in total. The van der Waals surface area contributed by atoms with Crippen LogP contribution in [0.1, 0.15) is 12.5 Å². The van der Waals surface area contributed by atoms with Gasteiger partial charge in [0.1, 0.15) is 12.5 Å². The molecule has 7 heteroatoms. The molecule has 18 heavy (non-hydrogen) atoms. The number of non-ortho nitro benzene ring substituents is 1. The van der Waals surface area contributed by atoms with Crippen molar-refractivity contribution in [3.05, 3.63) is 39.9 Å². The van der Waals surface area contributed by atoms with Crippen LogP contribution in [0.4, 0.5) is 5.69 Å². The quantitative estimate of drug-likeness (QED) is 0.269. The number of nitro groups is 1. The first kappa shape index (κ1) is 14.1. The minimum atomic E-state index is -1.02. The van der Waals surface area contributed by atoms with Gasteiger partial charge in [-0.15, -0.1) is 0 Å². The molecule has 0 heterocycles. The fourth-order valence-corrected chi connectivity index (χ4v) is 1.18. The van der Waals surface area contributed by atoms with Crippen LogP contribution in [0.25, 0.3) is 0 Å². The normalized spacial score (nSPS) is 11.7. The molecule has 1 rings (SSSR count). The molecule has 0 saturated heterocycles. The standard InChI is InChI=1S/C11H10ClNO5/c1-7(10(12)14)11(15)18-6-8-2-4-9(5-3-8)13(16)17/h2-5,7H,6H2,1H3. The number of carbonyl (C=O) groups excluding carboxylic acids is 2. The first-order valence-corrected chi connectivity index (χ1v) is 5.39. The second-order valence-corrected chi connectivity index (χ2v) is 3.93. The van der Waals surface area contributed by atoms with Crippen LogP contribution in [0.2, 0.25) is 0 Å². The summed E-state index contributed by atoms with van der Waals surface area (Å²) in [5, 5.41) is 9.62. The van der Waals surface area contributed by atoms with Crippen LogP contribution in [0, 0.1) is 16.0 Å². The van der Waals surface area contributed by atoms with Gasteiger partial charge in [0.15, 0.2) is 0 Å². The zero-order valence-corrected chi connectivity index (χ0v) is 10.2. The van der Waals surface area contributed by atoms with Gasteiger partial charge >= 0.3 is 5.97 Å². The van der Waals surface area contributed by atoms with Crippen molar-refractivity contribution in [3.8, 4) is 0 Å². The van der Waals surface area contributed by atoms with Gasteiger partial charge in [-0.25, -0.2) is 0 Å². The first-order chi connectivity index (χ1) is 8.41. The zero-order chi connectivity index (χ0) is 13.7. The molecular formula is C11H10ClNO5. The lowest BCUT2D eigenvalue weighted by atomic mass is 10.2. The van der Waals surface area contributed by atoms with E-state index in [4.69, 9.17) is 16.3 Å². The van der Waals surface area contributed by atoms with E-state index in [0.29, 0.717) is 5.56 Å². The molecule has 96 valence electrons. The Kier molecular flexibility index (Phi) is 4.79. The minimum Gasteiger partial charge on any atom is -0.460 e. The zero-order valence-electron chi connectivity index (χ0n) is 9.46. The molecule has 1 unspecified atom stereocenters. The Morgan fingerprint density at radius 2 is 1.94 bits per heavy atom. The fraction of sp³-hybridized carbons (Fsp3) is 0.273. The number of esters is 1. The van der Waals surface area contributed by atoms with Crippen LogP contribution in [0.15, 0.2) is 24.3 Å². The maximum atomic E-state index is 11.3. The van der Waals surface area contributed by atoms with Crippen LogP contribution in [-0.4, -0.2) is 16.1 Å². The van der Waals surface area contributed by atoms with Crippen molar-refractivity contribution in [1.29, 1.82) is 0 Å². The summed E-state index contributed by atoms with van der Waals surface area (Å²) in [6.45, 7) is 1.28. The van der Waals surface area contributed by atoms with Crippen molar-refractivity contribution in [1.82, 2.24) is 0 Å². The summed E-state index contributed by atoms with van der Waals surface area (Å²) in [6.07, 6.45) is 0. The van der Waals surface area contributed by atoms with Gasteiger partial charge < -0.3 is 4.74 Å². The smallest absolute Gasteiger partial charge is 0.317 e. The maximum Gasteiger partial charge on any atom is 0.317 e. The van der Waals surface area contributed by atoms with Gasteiger partial charge in [-0.1, -0.05) is 0 Å². The summed E-state index contributed by atoms with van der Waals surface area (Å²) in [4.78, 5) is 31.9. The summed E-state index contributed by atoms with van der Waals surface area (Å²) >= 11 is 5.15. The minimum absolute atomic E-state index is 0.0469. The van der Waals surface area contributed by atoms with Crippen LogP contribution in [0.5, 0.6) is 0 Å². The Morgan fingerprint density at radius 3 is 2.39 bits per heavy atom. The maximum absolute atomic E-state index is 11.3. The lowest BCUT2D eigenvalue weighted by Crippen LogP contribution is -2.19. The van der Waals surface area contributed by atoms with E-state index in [1.165, 1.54) is 31.2 Å².